The molecule has 1 aromatic carbocycles. The fourth-order valence-corrected chi connectivity index (χ4v) is 1.75. The van der Waals surface area contributed by atoms with Gasteiger partial charge < -0.3 is 14.2 Å². The van der Waals surface area contributed by atoms with Crippen molar-refractivity contribution in [2.75, 3.05) is 14.2 Å². The van der Waals surface area contributed by atoms with Gasteiger partial charge >= 0.3 is 5.97 Å². The van der Waals surface area contributed by atoms with E-state index < -0.39 is 6.10 Å². The molecule has 0 bridgehead atoms. The van der Waals surface area contributed by atoms with Crippen LogP contribution in [0.5, 0.6) is 5.75 Å². The lowest BCUT2D eigenvalue weighted by Gasteiger charge is -2.06. The summed E-state index contributed by atoms with van der Waals surface area (Å²) in [5.74, 6) is 0.271. The Kier molecular flexibility index (Phi) is 3.03. The highest BCUT2D eigenvalue weighted by Crippen LogP contribution is 2.44. The number of halogens is 1. The van der Waals surface area contributed by atoms with E-state index in [2.05, 4.69) is 4.74 Å². The molecule has 1 aliphatic heterocycles. The number of hydrogen-bond donors (Lipinski definition) is 0. The zero-order chi connectivity index (χ0) is 11.7. The number of methoxy groups -OCH3 is 2. The number of hydrogen-bond acceptors (Lipinski definition) is 4. The number of epoxide rings is 1. The molecule has 5 heteroatoms. The lowest BCUT2D eigenvalue weighted by Crippen LogP contribution is -2.09. The minimum Gasteiger partial charge on any atom is -0.496 e. The first kappa shape index (κ1) is 11.2. The predicted molar refractivity (Wildman–Crippen MR) is 57.6 cm³/mol. The molecule has 1 heterocycles. The van der Waals surface area contributed by atoms with Crippen LogP contribution in [-0.2, 0) is 14.3 Å². The van der Waals surface area contributed by atoms with Crippen molar-refractivity contribution in [2.45, 2.75) is 12.2 Å². The molecule has 2 unspecified atom stereocenters. The molecular formula is C11H11ClO4. The first-order valence-corrected chi connectivity index (χ1v) is 5.12. The minimum absolute atomic E-state index is 0.318. The van der Waals surface area contributed by atoms with Gasteiger partial charge in [0, 0.05) is 10.6 Å². The summed E-state index contributed by atoms with van der Waals surface area (Å²) in [5.41, 5.74) is 0.769. The van der Waals surface area contributed by atoms with Gasteiger partial charge in [-0.15, -0.1) is 0 Å². The molecule has 4 nitrogen and oxygen atoms in total. The van der Waals surface area contributed by atoms with E-state index in [9.17, 15) is 4.79 Å². The zero-order valence-corrected chi connectivity index (χ0v) is 9.65. The van der Waals surface area contributed by atoms with Crippen molar-refractivity contribution in [3.8, 4) is 5.75 Å². The Morgan fingerprint density at radius 2 is 2.19 bits per heavy atom. The van der Waals surface area contributed by atoms with E-state index in [1.807, 2.05) is 0 Å². The van der Waals surface area contributed by atoms with Gasteiger partial charge in [0.1, 0.15) is 11.9 Å². The van der Waals surface area contributed by atoms with Crippen LogP contribution in [0.1, 0.15) is 11.7 Å². The maximum atomic E-state index is 11.2. The highest BCUT2D eigenvalue weighted by atomic mass is 35.5. The highest BCUT2D eigenvalue weighted by Gasteiger charge is 2.48. The van der Waals surface area contributed by atoms with E-state index in [-0.39, 0.29) is 12.1 Å². The van der Waals surface area contributed by atoms with Crippen LogP contribution in [0.2, 0.25) is 5.02 Å². The molecule has 0 radical (unpaired) electrons. The lowest BCUT2D eigenvalue weighted by molar-refractivity contribution is -0.142. The molecule has 1 fully saturated rings. The van der Waals surface area contributed by atoms with E-state index in [4.69, 9.17) is 21.1 Å². The van der Waals surface area contributed by atoms with Crippen LogP contribution in [0.15, 0.2) is 18.2 Å². The number of ether oxygens (including phenoxy) is 3. The molecule has 0 aliphatic carbocycles. The maximum Gasteiger partial charge on any atom is 0.338 e. The van der Waals surface area contributed by atoms with Gasteiger partial charge in [-0.3, -0.25) is 0 Å². The molecule has 0 N–H and O–H groups in total. The molecule has 0 amide bonds. The van der Waals surface area contributed by atoms with Gasteiger partial charge in [-0.25, -0.2) is 4.79 Å². The Labute approximate surface area is 98.1 Å². The zero-order valence-electron chi connectivity index (χ0n) is 8.90. The third kappa shape index (κ3) is 1.99. The Bertz CT molecular complexity index is 418. The summed E-state index contributed by atoms with van der Waals surface area (Å²) in [4.78, 5) is 11.2. The van der Waals surface area contributed by atoms with Gasteiger partial charge in [0.25, 0.3) is 0 Å². The van der Waals surface area contributed by atoms with E-state index in [1.54, 1.807) is 25.3 Å². The van der Waals surface area contributed by atoms with Crippen molar-refractivity contribution in [3.05, 3.63) is 28.8 Å². The van der Waals surface area contributed by atoms with Crippen molar-refractivity contribution in [1.29, 1.82) is 0 Å². The standard InChI is InChI=1S/C11H11ClO4/c1-14-8-4-3-6(12)5-7(8)9-10(16-9)11(13)15-2/h3-5,9-10H,1-2H3. The molecule has 2 rings (SSSR count). The quantitative estimate of drug-likeness (QED) is 0.601. The molecule has 1 saturated heterocycles. The topological polar surface area (TPSA) is 48.1 Å². The molecule has 0 spiro atoms. The van der Waals surface area contributed by atoms with Crippen LogP contribution in [0.3, 0.4) is 0 Å². The number of carbonyl (C=O) groups excluding carboxylic acids is 1. The smallest absolute Gasteiger partial charge is 0.338 e. The molecule has 16 heavy (non-hydrogen) atoms. The molecule has 2 atom stereocenters. The van der Waals surface area contributed by atoms with E-state index in [0.717, 1.165) is 5.56 Å². The molecule has 0 aromatic heterocycles. The van der Waals surface area contributed by atoms with Crippen molar-refractivity contribution in [2.24, 2.45) is 0 Å². The third-order valence-corrected chi connectivity index (χ3v) is 2.66. The SMILES string of the molecule is COC(=O)C1OC1c1cc(Cl)ccc1OC. The Morgan fingerprint density at radius 1 is 1.44 bits per heavy atom. The summed E-state index contributed by atoms with van der Waals surface area (Å²) in [7, 11) is 2.89. The van der Waals surface area contributed by atoms with Crippen LogP contribution < -0.4 is 4.74 Å². The summed E-state index contributed by atoms with van der Waals surface area (Å²) in [5, 5.41) is 0.579. The average Bonchev–Trinajstić information content (AvgIpc) is 3.08. The predicted octanol–water partition coefficient (Wildman–Crippen LogP) is 1.96. The van der Waals surface area contributed by atoms with Gasteiger partial charge in [0.2, 0.25) is 0 Å². The van der Waals surface area contributed by atoms with Crippen molar-refractivity contribution >= 4 is 17.6 Å². The monoisotopic (exact) mass is 242 g/mol. The number of benzene rings is 1. The number of esters is 1. The van der Waals surface area contributed by atoms with Crippen LogP contribution in [0.25, 0.3) is 0 Å². The molecule has 1 aliphatic rings. The first-order valence-electron chi connectivity index (χ1n) is 4.74. The van der Waals surface area contributed by atoms with Crippen LogP contribution in [-0.4, -0.2) is 26.3 Å². The van der Waals surface area contributed by atoms with E-state index in [0.29, 0.717) is 10.8 Å². The third-order valence-electron chi connectivity index (χ3n) is 2.42. The normalized spacial score (nSPS) is 22.7. The largest absolute Gasteiger partial charge is 0.496 e. The molecular weight excluding hydrogens is 232 g/mol. The maximum absolute atomic E-state index is 11.2. The highest BCUT2D eigenvalue weighted by molar-refractivity contribution is 6.30. The number of rotatable bonds is 3. The Hall–Kier alpha value is -1.26. The Balaban J connectivity index is 2.22. The second-order valence-corrected chi connectivity index (χ2v) is 3.82. The van der Waals surface area contributed by atoms with Crippen LogP contribution in [0.4, 0.5) is 0 Å². The van der Waals surface area contributed by atoms with Crippen LogP contribution >= 0.6 is 11.6 Å². The lowest BCUT2D eigenvalue weighted by atomic mass is 10.1. The van der Waals surface area contributed by atoms with E-state index in [1.165, 1.54) is 7.11 Å². The van der Waals surface area contributed by atoms with Gasteiger partial charge in [-0.2, -0.15) is 0 Å². The minimum atomic E-state index is -0.544. The molecule has 1 aromatic rings. The van der Waals surface area contributed by atoms with Gasteiger partial charge in [-0.05, 0) is 18.2 Å². The summed E-state index contributed by atoms with van der Waals surface area (Å²) in [6, 6.07) is 5.20. The van der Waals surface area contributed by atoms with Crippen molar-refractivity contribution < 1.29 is 19.0 Å². The Morgan fingerprint density at radius 3 is 2.81 bits per heavy atom. The van der Waals surface area contributed by atoms with Gasteiger partial charge in [-0.1, -0.05) is 11.6 Å². The fraction of sp³-hybridized carbons (Fsp3) is 0.364. The van der Waals surface area contributed by atoms with Crippen molar-refractivity contribution in [1.82, 2.24) is 0 Å². The summed E-state index contributed by atoms with van der Waals surface area (Å²) < 4.78 is 15.0. The number of carbonyl (C=O) groups is 1. The fourth-order valence-electron chi connectivity index (χ4n) is 1.57. The first-order chi connectivity index (χ1) is 7.67. The van der Waals surface area contributed by atoms with E-state index >= 15 is 0 Å². The van der Waals surface area contributed by atoms with Crippen molar-refractivity contribution in [3.63, 3.8) is 0 Å². The average molecular weight is 243 g/mol. The summed E-state index contributed by atoms with van der Waals surface area (Å²) in [6.07, 6.45) is -0.863. The second kappa shape index (κ2) is 4.31. The second-order valence-electron chi connectivity index (χ2n) is 3.39. The summed E-state index contributed by atoms with van der Waals surface area (Å²) >= 11 is 5.88. The van der Waals surface area contributed by atoms with Crippen LogP contribution in [0, 0.1) is 0 Å². The van der Waals surface area contributed by atoms with Gasteiger partial charge in [0.15, 0.2) is 6.10 Å². The molecule has 0 saturated carbocycles. The summed E-state index contributed by atoms with van der Waals surface area (Å²) in [6.45, 7) is 0. The molecule has 86 valence electrons. The van der Waals surface area contributed by atoms with Gasteiger partial charge in [0.05, 0.1) is 14.2 Å².